The van der Waals surface area contributed by atoms with Crippen molar-refractivity contribution in [3.63, 3.8) is 0 Å². The van der Waals surface area contributed by atoms with Crippen molar-refractivity contribution in [1.29, 1.82) is 0 Å². The van der Waals surface area contributed by atoms with Crippen molar-refractivity contribution in [2.75, 3.05) is 6.54 Å². The Morgan fingerprint density at radius 2 is 2.15 bits per heavy atom. The molecule has 0 aromatic carbocycles. The van der Waals surface area contributed by atoms with Gasteiger partial charge in [-0.2, -0.15) is 5.10 Å². The Balaban J connectivity index is 1.23. The van der Waals surface area contributed by atoms with E-state index in [1.165, 1.54) is 24.2 Å². The van der Waals surface area contributed by atoms with Crippen molar-refractivity contribution in [2.24, 2.45) is 5.92 Å². The van der Waals surface area contributed by atoms with E-state index in [4.69, 9.17) is 5.10 Å². The Hall–Kier alpha value is -3.30. The number of hydrogen-bond acceptors (Lipinski definition) is 6. The van der Waals surface area contributed by atoms with E-state index in [0.29, 0.717) is 18.2 Å². The first-order chi connectivity index (χ1) is 16.7. The predicted molar refractivity (Wildman–Crippen MR) is 130 cm³/mol. The lowest BCUT2D eigenvalue weighted by Gasteiger charge is -2.28. The van der Waals surface area contributed by atoms with Crippen LogP contribution in [-0.4, -0.2) is 41.7 Å². The van der Waals surface area contributed by atoms with Crippen LogP contribution < -0.4 is 5.32 Å². The molecule has 5 heterocycles. The molecule has 0 saturated heterocycles. The van der Waals surface area contributed by atoms with Crippen LogP contribution in [0.3, 0.4) is 0 Å². The van der Waals surface area contributed by atoms with Crippen LogP contribution >= 0.6 is 11.3 Å². The van der Waals surface area contributed by atoms with Crippen molar-refractivity contribution in [3.05, 3.63) is 82.1 Å². The fraction of sp³-hybridized carbons (Fsp3) is 0.360. The lowest BCUT2D eigenvalue weighted by Crippen LogP contribution is -2.33. The van der Waals surface area contributed by atoms with Crippen molar-refractivity contribution in [2.45, 2.75) is 45.4 Å². The standard InChI is InChI=1S/C25H27N7OS/c33-25(28-14-23-27-9-12-34-23)24-21-17-30(11-7-22(21)32(29-24)15-18-5-6-18)16-20-4-2-10-31(20)19-3-1-8-26-13-19/h1-4,8-10,12-13,18H,5-7,11,14-17H2,(H,28,33). The number of nitrogens with zero attached hydrogens (tertiary/aromatic N) is 6. The van der Waals surface area contributed by atoms with Gasteiger partial charge >= 0.3 is 0 Å². The third-order valence-corrected chi connectivity index (χ3v) is 7.36. The molecule has 0 unspecified atom stereocenters. The normalized spacial score (nSPS) is 15.9. The Morgan fingerprint density at radius 1 is 1.21 bits per heavy atom. The maximum atomic E-state index is 13.1. The van der Waals surface area contributed by atoms with Crippen LogP contribution in [0, 0.1) is 5.92 Å². The Labute approximate surface area is 202 Å². The van der Waals surface area contributed by atoms with E-state index in [1.807, 2.05) is 17.6 Å². The molecule has 0 atom stereocenters. The molecule has 1 amide bonds. The number of pyridine rings is 1. The first kappa shape index (κ1) is 21.2. The summed E-state index contributed by atoms with van der Waals surface area (Å²) in [5.74, 6) is 0.595. The molecule has 4 aromatic rings. The first-order valence-corrected chi connectivity index (χ1v) is 12.7. The van der Waals surface area contributed by atoms with Crippen molar-refractivity contribution >= 4 is 17.2 Å². The summed E-state index contributed by atoms with van der Waals surface area (Å²) in [6.07, 6.45) is 10.9. The lowest BCUT2D eigenvalue weighted by molar-refractivity contribution is 0.0942. The zero-order chi connectivity index (χ0) is 22.9. The molecule has 9 heteroatoms. The van der Waals surface area contributed by atoms with Crippen LogP contribution in [0.5, 0.6) is 0 Å². The van der Waals surface area contributed by atoms with Gasteiger partial charge in [-0.3, -0.25) is 19.4 Å². The van der Waals surface area contributed by atoms with Crippen molar-refractivity contribution < 1.29 is 4.79 Å². The molecule has 1 saturated carbocycles. The molecule has 1 aliphatic carbocycles. The highest BCUT2D eigenvalue weighted by Gasteiger charge is 2.31. The molecule has 34 heavy (non-hydrogen) atoms. The van der Waals surface area contributed by atoms with Crippen LogP contribution in [0.4, 0.5) is 0 Å². The molecule has 4 aromatic heterocycles. The van der Waals surface area contributed by atoms with Gasteiger partial charge in [-0.15, -0.1) is 11.3 Å². The van der Waals surface area contributed by atoms with Crippen molar-refractivity contribution in [1.82, 2.24) is 34.5 Å². The third-order valence-electron chi connectivity index (χ3n) is 6.58. The topological polar surface area (TPSA) is 80.9 Å². The van der Waals surface area contributed by atoms with Gasteiger partial charge < -0.3 is 9.88 Å². The zero-order valence-electron chi connectivity index (χ0n) is 18.9. The quantitative estimate of drug-likeness (QED) is 0.424. The summed E-state index contributed by atoms with van der Waals surface area (Å²) in [6, 6.07) is 8.25. The molecule has 174 valence electrons. The number of rotatable bonds is 8. The molecule has 0 radical (unpaired) electrons. The minimum Gasteiger partial charge on any atom is -0.344 e. The SMILES string of the molecule is O=C(NCc1nccs1)c1nn(CC2CC2)c2c1CN(Cc1cccn1-c1cccnc1)CC2. The largest absolute Gasteiger partial charge is 0.344 e. The smallest absolute Gasteiger partial charge is 0.272 e. The predicted octanol–water partition coefficient (Wildman–Crippen LogP) is 3.42. The summed E-state index contributed by atoms with van der Waals surface area (Å²) < 4.78 is 4.29. The minimum absolute atomic E-state index is 0.110. The highest BCUT2D eigenvalue weighted by molar-refractivity contribution is 7.09. The molecule has 2 aliphatic rings. The van der Waals surface area contributed by atoms with Crippen LogP contribution in [0.15, 0.2) is 54.4 Å². The lowest BCUT2D eigenvalue weighted by atomic mass is 10.0. The van der Waals surface area contributed by atoms with Gasteiger partial charge in [0.15, 0.2) is 5.69 Å². The maximum absolute atomic E-state index is 13.1. The van der Waals surface area contributed by atoms with Gasteiger partial charge in [-0.05, 0) is 43.0 Å². The molecule has 1 aliphatic heterocycles. The van der Waals surface area contributed by atoms with E-state index in [1.54, 1.807) is 23.7 Å². The second kappa shape index (κ2) is 9.15. The molecule has 0 bridgehead atoms. The number of aromatic nitrogens is 5. The second-order valence-electron chi connectivity index (χ2n) is 9.05. The number of carbonyl (C=O) groups is 1. The molecule has 1 N–H and O–H groups in total. The van der Waals surface area contributed by atoms with Crippen LogP contribution in [-0.2, 0) is 32.6 Å². The highest BCUT2D eigenvalue weighted by Crippen LogP contribution is 2.33. The zero-order valence-corrected chi connectivity index (χ0v) is 19.7. The fourth-order valence-corrected chi connectivity index (χ4v) is 5.22. The summed E-state index contributed by atoms with van der Waals surface area (Å²) in [7, 11) is 0. The average Bonchev–Trinajstić information content (AvgIpc) is 3.23. The Kier molecular flexibility index (Phi) is 5.72. The van der Waals surface area contributed by atoms with E-state index in [2.05, 4.69) is 53.8 Å². The number of thiazole rings is 1. The number of carbonyl (C=O) groups excluding carboxylic acids is 1. The van der Waals surface area contributed by atoms with E-state index in [9.17, 15) is 4.79 Å². The van der Waals surface area contributed by atoms with Gasteiger partial charge in [-0.1, -0.05) is 0 Å². The Bertz CT molecular complexity index is 1270. The third kappa shape index (κ3) is 4.41. The fourth-order valence-electron chi connectivity index (χ4n) is 4.66. The van der Waals surface area contributed by atoms with Gasteiger partial charge in [0.05, 0.1) is 18.4 Å². The molecule has 8 nitrogen and oxygen atoms in total. The van der Waals surface area contributed by atoms with E-state index < -0.39 is 0 Å². The molecule has 1 fully saturated rings. The van der Waals surface area contributed by atoms with Gasteiger partial charge in [0.2, 0.25) is 0 Å². The van der Waals surface area contributed by atoms with Gasteiger partial charge in [0.1, 0.15) is 5.01 Å². The van der Waals surface area contributed by atoms with Gasteiger partial charge in [0.25, 0.3) is 5.91 Å². The second-order valence-corrected chi connectivity index (χ2v) is 10.0. The molecular weight excluding hydrogens is 446 g/mol. The van der Waals surface area contributed by atoms with Crippen LogP contribution in [0.1, 0.15) is 45.3 Å². The van der Waals surface area contributed by atoms with E-state index in [0.717, 1.165) is 48.9 Å². The minimum atomic E-state index is -0.110. The average molecular weight is 474 g/mol. The Morgan fingerprint density at radius 3 is 2.94 bits per heavy atom. The highest BCUT2D eigenvalue weighted by atomic mass is 32.1. The molecular formula is C25H27N7OS. The summed E-state index contributed by atoms with van der Waals surface area (Å²) in [4.78, 5) is 24.1. The maximum Gasteiger partial charge on any atom is 0.272 e. The first-order valence-electron chi connectivity index (χ1n) is 11.8. The number of nitrogens with one attached hydrogen (secondary N) is 1. The molecule has 0 spiro atoms. The van der Waals surface area contributed by atoms with E-state index >= 15 is 0 Å². The van der Waals surface area contributed by atoms with Crippen molar-refractivity contribution in [3.8, 4) is 5.69 Å². The van der Waals surface area contributed by atoms with Crippen LogP contribution in [0.2, 0.25) is 0 Å². The molecule has 6 rings (SSSR count). The summed E-state index contributed by atoms with van der Waals surface area (Å²) in [5.41, 5.74) is 5.13. The van der Waals surface area contributed by atoms with Gasteiger partial charge in [-0.25, -0.2) is 4.98 Å². The number of fused-ring (bicyclic) bond motifs is 1. The summed E-state index contributed by atoms with van der Waals surface area (Å²) >= 11 is 1.55. The number of hydrogen-bond donors (Lipinski definition) is 1. The van der Waals surface area contributed by atoms with E-state index in [-0.39, 0.29) is 5.91 Å². The van der Waals surface area contributed by atoms with Crippen LogP contribution in [0.25, 0.3) is 5.69 Å². The van der Waals surface area contributed by atoms with Gasteiger partial charge in [0, 0.05) is 73.5 Å². The number of amides is 1. The monoisotopic (exact) mass is 473 g/mol. The summed E-state index contributed by atoms with van der Waals surface area (Å²) in [5, 5.41) is 10.7. The summed E-state index contributed by atoms with van der Waals surface area (Å²) in [6.45, 7) is 3.82.